The van der Waals surface area contributed by atoms with Gasteiger partial charge in [0, 0.05) is 40.8 Å². The van der Waals surface area contributed by atoms with Crippen LogP contribution >= 0.6 is 0 Å². The van der Waals surface area contributed by atoms with E-state index < -0.39 is 21.7 Å². The zero-order chi connectivity index (χ0) is 22.9. The average molecular weight is 448 g/mol. The highest BCUT2D eigenvalue weighted by Gasteiger charge is 2.19. The van der Waals surface area contributed by atoms with E-state index in [9.17, 15) is 22.0 Å². The van der Waals surface area contributed by atoms with Crippen LogP contribution in [0.2, 0.25) is 0 Å². The van der Waals surface area contributed by atoms with Crippen molar-refractivity contribution in [2.45, 2.75) is 25.3 Å². The predicted octanol–water partition coefficient (Wildman–Crippen LogP) is 3.33. The Bertz CT molecular complexity index is 1240. The maximum atomic E-state index is 13.9. The van der Waals surface area contributed by atoms with Crippen molar-refractivity contribution in [3.05, 3.63) is 82.7 Å². The number of carbonyl (C=O) groups is 1. The molecule has 3 rings (SSSR count). The van der Waals surface area contributed by atoms with E-state index in [4.69, 9.17) is 5.14 Å². The molecule has 0 saturated heterocycles. The van der Waals surface area contributed by atoms with Crippen LogP contribution in [-0.2, 0) is 16.6 Å². The lowest BCUT2D eigenvalue weighted by Crippen LogP contribution is -2.26. The third kappa shape index (κ3) is 5.07. The number of hydrogen-bond donors (Lipinski definition) is 1. The molecule has 3 aromatic rings. The number of hydrogen-bond acceptors (Lipinski definition) is 4. The Morgan fingerprint density at radius 1 is 1.06 bits per heavy atom. The fourth-order valence-electron chi connectivity index (χ4n) is 3.55. The highest BCUT2D eigenvalue weighted by Crippen LogP contribution is 2.23. The van der Waals surface area contributed by atoms with Crippen LogP contribution in [-0.4, -0.2) is 37.3 Å². The number of ketones is 1. The van der Waals surface area contributed by atoms with Crippen LogP contribution < -0.4 is 5.14 Å². The van der Waals surface area contributed by atoms with Gasteiger partial charge < -0.3 is 4.57 Å². The van der Waals surface area contributed by atoms with Gasteiger partial charge in [0.25, 0.3) is 0 Å². The van der Waals surface area contributed by atoms with Crippen LogP contribution in [0.3, 0.4) is 0 Å². The molecule has 2 aromatic carbocycles. The standard InChI is InChI=1S/C22H23F2N3O3S/c1-14-10-20(15(2)27(14)18-6-8-19(9-7-18)31(25,29)30)22(28)13-26(3)12-16-4-5-17(23)11-21(16)24/h4-11H,12-13H2,1-3H3,(H2,25,29,30). The molecule has 1 aromatic heterocycles. The number of likely N-dealkylation sites (N-methyl/N-ethyl adjacent to an activating group) is 1. The number of benzene rings is 2. The number of nitrogens with zero attached hydrogens (tertiary/aromatic N) is 2. The van der Waals surface area contributed by atoms with Gasteiger partial charge in [0.05, 0.1) is 11.4 Å². The molecule has 0 fully saturated rings. The van der Waals surface area contributed by atoms with Crippen molar-refractivity contribution in [2.24, 2.45) is 5.14 Å². The summed E-state index contributed by atoms with van der Waals surface area (Å²) in [5, 5.41) is 5.14. The van der Waals surface area contributed by atoms with Crippen LogP contribution in [0, 0.1) is 25.5 Å². The summed E-state index contributed by atoms with van der Waals surface area (Å²) in [7, 11) is -2.11. The summed E-state index contributed by atoms with van der Waals surface area (Å²) in [6, 6.07) is 11.2. The first-order valence-electron chi connectivity index (χ1n) is 9.45. The molecule has 0 unspecified atom stereocenters. The van der Waals surface area contributed by atoms with Crippen molar-refractivity contribution >= 4 is 15.8 Å². The number of nitrogens with two attached hydrogens (primary N) is 1. The Balaban J connectivity index is 1.80. The number of primary sulfonamides is 1. The molecule has 6 nitrogen and oxygen atoms in total. The van der Waals surface area contributed by atoms with E-state index in [2.05, 4.69) is 0 Å². The number of carbonyl (C=O) groups excluding carboxylic acids is 1. The van der Waals surface area contributed by atoms with E-state index in [0.29, 0.717) is 22.5 Å². The van der Waals surface area contributed by atoms with E-state index in [1.165, 1.54) is 24.3 Å². The molecule has 0 bridgehead atoms. The van der Waals surface area contributed by atoms with Crippen molar-refractivity contribution in [1.82, 2.24) is 9.47 Å². The van der Waals surface area contributed by atoms with Crippen molar-refractivity contribution in [3.63, 3.8) is 0 Å². The topological polar surface area (TPSA) is 85.4 Å². The first kappa shape index (κ1) is 22.8. The quantitative estimate of drug-likeness (QED) is 0.563. The Labute approximate surface area is 180 Å². The van der Waals surface area contributed by atoms with Gasteiger partial charge in [-0.05, 0) is 57.3 Å². The third-order valence-corrected chi connectivity index (χ3v) is 5.95. The van der Waals surface area contributed by atoms with E-state index in [0.717, 1.165) is 11.8 Å². The lowest BCUT2D eigenvalue weighted by Gasteiger charge is -2.16. The first-order chi connectivity index (χ1) is 14.5. The summed E-state index contributed by atoms with van der Waals surface area (Å²) in [5.41, 5.74) is 3.02. The van der Waals surface area contributed by atoms with Gasteiger partial charge in [-0.25, -0.2) is 22.3 Å². The largest absolute Gasteiger partial charge is 0.318 e. The molecular formula is C22H23F2N3O3S. The molecule has 0 spiro atoms. The molecule has 0 aliphatic carbocycles. The molecule has 0 saturated carbocycles. The summed E-state index contributed by atoms with van der Waals surface area (Å²) < 4.78 is 51.7. The van der Waals surface area contributed by atoms with Gasteiger partial charge in [0.1, 0.15) is 11.6 Å². The zero-order valence-electron chi connectivity index (χ0n) is 17.4. The molecule has 0 atom stereocenters. The Morgan fingerprint density at radius 2 is 1.71 bits per heavy atom. The molecule has 0 aliphatic rings. The minimum absolute atomic E-state index is 0.00432. The van der Waals surface area contributed by atoms with Crippen LogP contribution in [0.4, 0.5) is 8.78 Å². The van der Waals surface area contributed by atoms with Gasteiger partial charge in [0.2, 0.25) is 10.0 Å². The lowest BCUT2D eigenvalue weighted by atomic mass is 10.1. The van der Waals surface area contributed by atoms with E-state index in [1.807, 2.05) is 11.5 Å². The molecule has 1 heterocycles. The Kier molecular flexibility index (Phi) is 6.40. The molecular weight excluding hydrogens is 424 g/mol. The summed E-state index contributed by atoms with van der Waals surface area (Å²) in [4.78, 5) is 14.5. The van der Waals surface area contributed by atoms with Gasteiger partial charge in [-0.1, -0.05) is 6.07 Å². The maximum Gasteiger partial charge on any atom is 0.238 e. The average Bonchev–Trinajstić information content (AvgIpc) is 2.98. The SMILES string of the molecule is Cc1cc(C(=O)CN(C)Cc2ccc(F)cc2F)c(C)n1-c1ccc(S(N)(=O)=O)cc1. The molecule has 2 N–H and O–H groups in total. The summed E-state index contributed by atoms with van der Waals surface area (Å²) in [5.74, 6) is -1.45. The summed E-state index contributed by atoms with van der Waals surface area (Å²) >= 11 is 0. The number of aryl methyl sites for hydroxylation is 1. The van der Waals surface area contributed by atoms with Gasteiger partial charge in [-0.3, -0.25) is 9.69 Å². The van der Waals surface area contributed by atoms with Crippen LogP contribution in [0.15, 0.2) is 53.4 Å². The number of halogens is 2. The van der Waals surface area contributed by atoms with Crippen LogP contribution in [0.1, 0.15) is 27.3 Å². The smallest absolute Gasteiger partial charge is 0.238 e. The van der Waals surface area contributed by atoms with Crippen molar-refractivity contribution in [3.8, 4) is 5.69 Å². The summed E-state index contributed by atoms with van der Waals surface area (Å²) in [6.07, 6.45) is 0. The highest BCUT2D eigenvalue weighted by atomic mass is 32.2. The zero-order valence-corrected chi connectivity index (χ0v) is 18.2. The molecule has 31 heavy (non-hydrogen) atoms. The number of sulfonamides is 1. The minimum atomic E-state index is -3.79. The molecule has 0 aliphatic heterocycles. The monoisotopic (exact) mass is 447 g/mol. The molecule has 0 amide bonds. The number of aromatic nitrogens is 1. The molecule has 164 valence electrons. The van der Waals surface area contributed by atoms with Crippen LogP contribution in [0.5, 0.6) is 0 Å². The second-order valence-electron chi connectivity index (χ2n) is 7.49. The fraction of sp³-hybridized carbons (Fsp3) is 0.227. The van der Waals surface area contributed by atoms with E-state index in [-0.39, 0.29) is 23.8 Å². The number of Topliss-reactive ketones (excluding diaryl/α,β-unsaturated/α-hetero) is 1. The Hall–Kier alpha value is -2.88. The maximum absolute atomic E-state index is 13.9. The predicted molar refractivity (Wildman–Crippen MR) is 114 cm³/mol. The normalized spacial score (nSPS) is 11.8. The minimum Gasteiger partial charge on any atom is -0.318 e. The van der Waals surface area contributed by atoms with E-state index >= 15 is 0 Å². The van der Waals surface area contributed by atoms with Gasteiger partial charge >= 0.3 is 0 Å². The third-order valence-electron chi connectivity index (χ3n) is 5.02. The highest BCUT2D eigenvalue weighted by molar-refractivity contribution is 7.89. The van der Waals surface area contributed by atoms with Crippen LogP contribution in [0.25, 0.3) is 5.69 Å². The second-order valence-corrected chi connectivity index (χ2v) is 9.05. The Morgan fingerprint density at radius 3 is 2.29 bits per heavy atom. The fourth-order valence-corrected chi connectivity index (χ4v) is 4.07. The number of rotatable bonds is 7. The second kappa shape index (κ2) is 8.70. The van der Waals surface area contributed by atoms with Crippen molar-refractivity contribution in [2.75, 3.05) is 13.6 Å². The van der Waals surface area contributed by atoms with E-state index in [1.54, 1.807) is 37.1 Å². The van der Waals surface area contributed by atoms with Gasteiger partial charge in [-0.15, -0.1) is 0 Å². The van der Waals surface area contributed by atoms with Gasteiger partial charge in [0.15, 0.2) is 5.78 Å². The van der Waals surface area contributed by atoms with Gasteiger partial charge in [-0.2, -0.15) is 0 Å². The molecule has 9 heteroatoms. The van der Waals surface area contributed by atoms with Crippen molar-refractivity contribution in [1.29, 1.82) is 0 Å². The lowest BCUT2D eigenvalue weighted by molar-refractivity contribution is 0.0941. The van der Waals surface area contributed by atoms with Crippen molar-refractivity contribution < 1.29 is 22.0 Å². The first-order valence-corrected chi connectivity index (χ1v) is 11.0. The molecule has 0 radical (unpaired) electrons. The summed E-state index contributed by atoms with van der Waals surface area (Å²) in [6.45, 7) is 3.85.